The molecule has 0 saturated heterocycles. The number of rotatable bonds is 5. The van der Waals surface area contributed by atoms with Gasteiger partial charge in [0.25, 0.3) is 5.91 Å². The fraction of sp³-hybridized carbons (Fsp3) is 0.462. The Morgan fingerprint density at radius 3 is 2.72 bits per heavy atom. The highest BCUT2D eigenvalue weighted by atomic mass is 127. The van der Waals surface area contributed by atoms with Crippen LogP contribution in [0.25, 0.3) is 0 Å². The number of amides is 1. The molecular weight excluding hydrogens is 363 g/mol. The van der Waals surface area contributed by atoms with Crippen LogP contribution in [-0.2, 0) is 0 Å². The van der Waals surface area contributed by atoms with Crippen molar-refractivity contribution in [1.82, 2.24) is 10.2 Å². The van der Waals surface area contributed by atoms with Crippen molar-refractivity contribution in [1.29, 1.82) is 0 Å². The number of halogens is 2. The number of nitrogens with one attached hydrogen (secondary N) is 1. The minimum absolute atomic E-state index is 0.0783. The lowest BCUT2D eigenvalue weighted by Gasteiger charge is -2.20. The molecule has 100 valence electrons. The molecule has 1 aromatic rings. The molecule has 0 fully saturated rings. The number of carbonyl (C=O) groups is 1. The first-order valence-electron chi connectivity index (χ1n) is 5.85. The number of carbonyl (C=O) groups excluding carboxylic acids is 1. The molecule has 0 aliphatic carbocycles. The average molecular weight is 381 g/mol. The van der Waals surface area contributed by atoms with Gasteiger partial charge in [0, 0.05) is 28.3 Å². The van der Waals surface area contributed by atoms with Crippen molar-refractivity contribution in [3.8, 4) is 0 Å². The van der Waals surface area contributed by atoms with Crippen LogP contribution in [-0.4, -0.2) is 37.0 Å². The van der Waals surface area contributed by atoms with Gasteiger partial charge >= 0.3 is 0 Å². The number of hydrogen-bond donors (Lipinski definition) is 1. The second-order valence-electron chi connectivity index (χ2n) is 4.46. The molecule has 0 spiro atoms. The molecule has 0 atom stereocenters. The monoisotopic (exact) mass is 380 g/mol. The highest BCUT2D eigenvalue weighted by Gasteiger charge is 2.08. The van der Waals surface area contributed by atoms with Crippen LogP contribution in [0.5, 0.6) is 0 Å². The molecule has 0 aromatic heterocycles. The van der Waals surface area contributed by atoms with E-state index in [4.69, 9.17) is 11.6 Å². The first-order chi connectivity index (χ1) is 8.41. The van der Waals surface area contributed by atoms with Crippen molar-refractivity contribution >= 4 is 40.1 Å². The molecule has 1 N–H and O–H groups in total. The quantitative estimate of drug-likeness (QED) is 0.797. The maximum Gasteiger partial charge on any atom is 0.251 e. The van der Waals surface area contributed by atoms with E-state index < -0.39 is 0 Å². The van der Waals surface area contributed by atoms with Crippen molar-refractivity contribution in [2.24, 2.45) is 0 Å². The highest BCUT2D eigenvalue weighted by Crippen LogP contribution is 2.19. The Hall–Kier alpha value is -0.330. The van der Waals surface area contributed by atoms with E-state index in [0.717, 1.165) is 10.1 Å². The van der Waals surface area contributed by atoms with Crippen molar-refractivity contribution in [2.45, 2.75) is 19.9 Å². The van der Waals surface area contributed by atoms with Crippen LogP contribution in [0.15, 0.2) is 18.2 Å². The van der Waals surface area contributed by atoms with E-state index >= 15 is 0 Å². The van der Waals surface area contributed by atoms with Gasteiger partial charge in [0.2, 0.25) is 0 Å². The summed E-state index contributed by atoms with van der Waals surface area (Å²) in [5.41, 5.74) is 0.604. The van der Waals surface area contributed by atoms with Crippen LogP contribution in [0.3, 0.4) is 0 Å². The standard InChI is InChI=1S/C13H18ClIN2O/c1-9(2)17(3)7-6-16-13(18)10-4-5-12(15)11(14)8-10/h4-5,8-9H,6-7H2,1-3H3,(H,16,18). The van der Waals surface area contributed by atoms with Crippen LogP contribution >= 0.6 is 34.2 Å². The second kappa shape index (κ2) is 7.31. The third-order valence-electron chi connectivity index (χ3n) is 2.81. The SMILES string of the molecule is CC(C)N(C)CCNC(=O)c1ccc(I)c(Cl)c1. The van der Waals surface area contributed by atoms with E-state index in [1.807, 2.05) is 13.1 Å². The predicted molar refractivity (Wildman–Crippen MR) is 84.3 cm³/mol. The molecule has 3 nitrogen and oxygen atoms in total. The van der Waals surface area contributed by atoms with E-state index in [1.54, 1.807) is 12.1 Å². The van der Waals surface area contributed by atoms with Gasteiger partial charge in [-0.25, -0.2) is 0 Å². The summed E-state index contributed by atoms with van der Waals surface area (Å²) in [6.45, 7) is 5.72. The maximum absolute atomic E-state index is 11.9. The summed E-state index contributed by atoms with van der Waals surface area (Å²) < 4.78 is 0.949. The summed E-state index contributed by atoms with van der Waals surface area (Å²) >= 11 is 8.13. The summed E-state index contributed by atoms with van der Waals surface area (Å²) in [4.78, 5) is 14.1. The van der Waals surface area contributed by atoms with Gasteiger partial charge in [0.15, 0.2) is 0 Å². The molecule has 0 unspecified atom stereocenters. The zero-order valence-corrected chi connectivity index (χ0v) is 13.7. The lowest BCUT2D eigenvalue weighted by molar-refractivity contribution is 0.0948. The molecule has 1 aromatic carbocycles. The van der Waals surface area contributed by atoms with Crippen LogP contribution in [0, 0.1) is 3.57 Å². The first-order valence-corrected chi connectivity index (χ1v) is 7.31. The van der Waals surface area contributed by atoms with Gasteiger partial charge in [0.1, 0.15) is 0 Å². The van der Waals surface area contributed by atoms with E-state index in [9.17, 15) is 4.79 Å². The Labute approximate surface area is 127 Å². The van der Waals surface area contributed by atoms with E-state index in [0.29, 0.717) is 23.2 Å². The largest absolute Gasteiger partial charge is 0.351 e. The molecule has 0 heterocycles. The molecule has 0 radical (unpaired) electrons. The molecule has 0 aliphatic heterocycles. The Morgan fingerprint density at radius 2 is 2.17 bits per heavy atom. The molecule has 1 amide bonds. The number of likely N-dealkylation sites (N-methyl/N-ethyl adjacent to an activating group) is 1. The van der Waals surface area contributed by atoms with Gasteiger partial charge in [0.05, 0.1) is 5.02 Å². The highest BCUT2D eigenvalue weighted by molar-refractivity contribution is 14.1. The minimum Gasteiger partial charge on any atom is -0.351 e. The van der Waals surface area contributed by atoms with E-state index in [-0.39, 0.29) is 5.91 Å². The Kier molecular flexibility index (Phi) is 6.38. The number of hydrogen-bond acceptors (Lipinski definition) is 2. The maximum atomic E-state index is 11.9. The molecular formula is C13H18ClIN2O. The molecule has 5 heteroatoms. The fourth-order valence-corrected chi connectivity index (χ4v) is 1.86. The van der Waals surface area contributed by atoms with Crippen molar-refractivity contribution in [3.05, 3.63) is 32.4 Å². The Bertz CT molecular complexity index is 423. The smallest absolute Gasteiger partial charge is 0.251 e. The van der Waals surface area contributed by atoms with Gasteiger partial charge in [-0.2, -0.15) is 0 Å². The van der Waals surface area contributed by atoms with E-state index in [2.05, 4.69) is 46.7 Å². The summed E-state index contributed by atoms with van der Waals surface area (Å²) in [7, 11) is 2.04. The van der Waals surface area contributed by atoms with Crippen molar-refractivity contribution < 1.29 is 4.79 Å². The third kappa shape index (κ3) is 4.74. The van der Waals surface area contributed by atoms with Crippen LogP contribution in [0.2, 0.25) is 5.02 Å². The first kappa shape index (κ1) is 15.7. The molecule has 0 bridgehead atoms. The van der Waals surface area contributed by atoms with E-state index in [1.165, 1.54) is 0 Å². The number of benzene rings is 1. The molecule has 0 saturated carbocycles. The molecule has 0 aliphatic rings. The predicted octanol–water partition coefficient (Wildman–Crippen LogP) is 3.01. The van der Waals surface area contributed by atoms with Crippen LogP contribution < -0.4 is 5.32 Å². The molecule has 18 heavy (non-hydrogen) atoms. The number of nitrogens with zero attached hydrogens (tertiary/aromatic N) is 1. The lowest BCUT2D eigenvalue weighted by Crippen LogP contribution is -2.36. The van der Waals surface area contributed by atoms with Crippen molar-refractivity contribution in [2.75, 3.05) is 20.1 Å². The van der Waals surface area contributed by atoms with Crippen LogP contribution in [0.4, 0.5) is 0 Å². The zero-order chi connectivity index (χ0) is 13.7. The van der Waals surface area contributed by atoms with Gasteiger partial charge in [-0.15, -0.1) is 0 Å². The van der Waals surface area contributed by atoms with Gasteiger partial charge in [-0.05, 0) is 61.7 Å². The van der Waals surface area contributed by atoms with Crippen molar-refractivity contribution in [3.63, 3.8) is 0 Å². The Morgan fingerprint density at radius 1 is 1.50 bits per heavy atom. The third-order valence-corrected chi connectivity index (χ3v) is 4.39. The summed E-state index contributed by atoms with van der Waals surface area (Å²) in [6.07, 6.45) is 0. The molecule has 1 rings (SSSR count). The zero-order valence-electron chi connectivity index (χ0n) is 10.8. The normalized spacial score (nSPS) is 11.1. The van der Waals surface area contributed by atoms with Gasteiger partial charge in [-0.3, -0.25) is 4.79 Å². The summed E-state index contributed by atoms with van der Waals surface area (Å²) in [5.74, 6) is -0.0783. The van der Waals surface area contributed by atoms with Gasteiger partial charge in [-0.1, -0.05) is 11.6 Å². The topological polar surface area (TPSA) is 32.3 Å². The minimum atomic E-state index is -0.0783. The fourth-order valence-electron chi connectivity index (χ4n) is 1.34. The summed E-state index contributed by atoms with van der Waals surface area (Å²) in [5, 5.41) is 3.50. The Balaban J connectivity index is 2.48. The average Bonchev–Trinajstić information content (AvgIpc) is 2.32. The second-order valence-corrected chi connectivity index (χ2v) is 6.03. The summed E-state index contributed by atoms with van der Waals surface area (Å²) in [6, 6.07) is 5.81. The van der Waals surface area contributed by atoms with Gasteiger partial charge < -0.3 is 10.2 Å². The lowest BCUT2D eigenvalue weighted by atomic mass is 10.2. The van der Waals surface area contributed by atoms with Crippen LogP contribution in [0.1, 0.15) is 24.2 Å².